The molecule has 3 heteroatoms. The number of nitrogens with one attached hydrogen (secondary N) is 1. The zero-order chi connectivity index (χ0) is 9.10. The van der Waals surface area contributed by atoms with Crippen molar-refractivity contribution in [1.82, 2.24) is 9.88 Å². The molecule has 0 bridgehead atoms. The molecule has 3 nitrogen and oxygen atoms in total. The lowest BCUT2D eigenvalue weighted by atomic mass is 10.2. The summed E-state index contributed by atoms with van der Waals surface area (Å²) in [6.45, 7) is 2.06. The molecule has 2 heterocycles. The van der Waals surface area contributed by atoms with E-state index in [1.165, 1.54) is 12.8 Å². The number of amidine groups is 1. The van der Waals surface area contributed by atoms with Gasteiger partial charge in [-0.1, -0.05) is 0 Å². The highest BCUT2D eigenvalue weighted by atomic mass is 15.2. The van der Waals surface area contributed by atoms with Crippen LogP contribution in [0.3, 0.4) is 0 Å². The average Bonchev–Trinajstić information content (AvgIpc) is 2.71. The Morgan fingerprint density at radius 3 is 2.46 bits per heavy atom. The van der Waals surface area contributed by atoms with Gasteiger partial charge in [-0.15, -0.1) is 0 Å². The molecular formula is C10H13N3. The van der Waals surface area contributed by atoms with Gasteiger partial charge in [0.15, 0.2) is 0 Å². The molecule has 1 aliphatic rings. The zero-order valence-corrected chi connectivity index (χ0v) is 7.53. The molecule has 2 rings (SSSR count). The molecule has 0 amide bonds. The van der Waals surface area contributed by atoms with Crippen molar-refractivity contribution in [3.8, 4) is 0 Å². The molecule has 13 heavy (non-hydrogen) atoms. The lowest BCUT2D eigenvalue weighted by Crippen LogP contribution is -2.27. The Bertz CT molecular complexity index is 288. The molecule has 1 aliphatic heterocycles. The molecule has 0 spiro atoms. The molecule has 0 unspecified atom stereocenters. The second-order valence-corrected chi connectivity index (χ2v) is 3.28. The third kappa shape index (κ3) is 1.69. The van der Waals surface area contributed by atoms with E-state index in [9.17, 15) is 0 Å². The molecule has 1 aromatic heterocycles. The van der Waals surface area contributed by atoms with Crippen LogP contribution >= 0.6 is 0 Å². The van der Waals surface area contributed by atoms with Gasteiger partial charge in [0, 0.05) is 31.0 Å². The van der Waals surface area contributed by atoms with Gasteiger partial charge < -0.3 is 4.90 Å². The van der Waals surface area contributed by atoms with E-state index in [-0.39, 0.29) is 0 Å². The highest BCUT2D eigenvalue weighted by Crippen LogP contribution is 2.11. The monoisotopic (exact) mass is 175 g/mol. The summed E-state index contributed by atoms with van der Waals surface area (Å²) in [6, 6.07) is 3.78. The van der Waals surface area contributed by atoms with Crippen LogP contribution in [0.4, 0.5) is 0 Å². The molecule has 1 aromatic rings. The van der Waals surface area contributed by atoms with Crippen molar-refractivity contribution in [3.05, 3.63) is 30.1 Å². The van der Waals surface area contributed by atoms with Gasteiger partial charge in [-0.2, -0.15) is 0 Å². The number of rotatable bonds is 1. The topological polar surface area (TPSA) is 40.0 Å². The Morgan fingerprint density at radius 2 is 1.85 bits per heavy atom. The first-order chi connectivity index (χ1) is 6.38. The fraction of sp³-hybridized carbons (Fsp3) is 0.400. The van der Waals surface area contributed by atoms with Gasteiger partial charge >= 0.3 is 0 Å². The van der Waals surface area contributed by atoms with Gasteiger partial charge in [-0.25, -0.2) is 0 Å². The lowest BCUT2D eigenvalue weighted by molar-refractivity contribution is 0.517. The molecule has 68 valence electrons. The van der Waals surface area contributed by atoms with Crippen molar-refractivity contribution >= 4 is 5.84 Å². The largest absolute Gasteiger partial charge is 0.357 e. The van der Waals surface area contributed by atoms with Crippen LogP contribution in [0.5, 0.6) is 0 Å². The van der Waals surface area contributed by atoms with Crippen LogP contribution in [0.25, 0.3) is 0 Å². The standard InChI is InChI=1S/C10H13N3/c11-10(13-7-1-2-8-13)9-3-5-12-6-4-9/h3-6,11H,1-2,7-8H2. The summed E-state index contributed by atoms with van der Waals surface area (Å²) in [5, 5.41) is 7.93. The van der Waals surface area contributed by atoms with Crippen molar-refractivity contribution in [2.45, 2.75) is 12.8 Å². The first kappa shape index (κ1) is 8.23. The number of pyridine rings is 1. The molecule has 0 atom stereocenters. The van der Waals surface area contributed by atoms with E-state index in [2.05, 4.69) is 9.88 Å². The molecular weight excluding hydrogens is 162 g/mol. The Kier molecular flexibility index (Phi) is 2.25. The summed E-state index contributed by atoms with van der Waals surface area (Å²) in [5.74, 6) is 0.639. The van der Waals surface area contributed by atoms with Crippen LogP contribution in [-0.2, 0) is 0 Å². The number of hydrogen-bond acceptors (Lipinski definition) is 2. The molecule has 0 aliphatic carbocycles. The van der Waals surface area contributed by atoms with Gasteiger partial charge in [0.2, 0.25) is 0 Å². The molecule has 1 fully saturated rings. The van der Waals surface area contributed by atoms with Crippen LogP contribution in [0.2, 0.25) is 0 Å². The molecule has 0 saturated carbocycles. The summed E-state index contributed by atoms with van der Waals surface area (Å²) in [5.41, 5.74) is 0.969. The van der Waals surface area contributed by atoms with Gasteiger partial charge in [-0.05, 0) is 25.0 Å². The number of nitrogens with zero attached hydrogens (tertiary/aromatic N) is 2. The van der Waals surface area contributed by atoms with E-state index in [1.54, 1.807) is 12.4 Å². The predicted molar refractivity (Wildman–Crippen MR) is 51.9 cm³/mol. The van der Waals surface area contributed by atoms with E-state index in [0.29, 0.717) is 5.84 Å². The van der Waals surface area contributed by atoms with Crippen molar-refractivity contribution in [3.63, 3.8) is 0 Å². The van der Waals surface area contributed by atoms with Crippen molar-refractivity contribution in [1.29, 1.82) is 5.41 Å². The maximum atomic E-state index is 7.93. The van der Waals surface area contributed by atoms with E-state index in [4.69, 9.17) is 5.41 Å². The number of hydrogen-bond donors (Lipinski definition) is 1. The van der Waals surface area contributed by atoms with Crippen molar-refractivity contribution in [2.24, 2.45) is 0 Å². The maximum Gasteiger partial charge on any atom is 0.128 e. The van der Waals surface area contributed by atoms with Gasteiger partial charge in [0.1, 0.15) is 5.84 Å². The summed E-state index contributed by atoms with van der Waals surface area (Å²) >= 11 is 0. The second kappa shape index (κ2) is 3.56. The SMILES string of the molecule is N=C(c1ccncc1)N1CCCC1. The number of aromatic nitrogens is 1. The Hall–Kier alpha value is -1.38. The number of likely N-dealkylation sites (tertiary alicyclic amines) is 1. The van der Waals surface area contributed by atoms with Gasteiger partial charge in [0.05, 0.1) is 0 Å². The first-order valence-corrected chi connectivity index (χ1v) is 4.62. The fourth-order valence-corrected chi connectivity index (χ4v) is 1.63. The van der Waals surface area contributed by atoms with Crippen LogP contribution in [0.1, 0.15) is 18.4 Å². The summed E-state index contributed by atoms with van der Waals surface area (Å²) in [6.07, 6.45) is 5.90. The fourth-order valence-electron chi connectivity index (χ4n) is 1.63. The molecule has 1 saturated heterocycles. The third-order valence-corrected chi connectivity index (χ3v) is 2.38. The van der Waals surface area contributed by atoms with E-state index in [0.717, 1.165) is 18.7 Å². The zero-order valence-electron chi connectivity index (χ0n) is 7.53. The first-order valence-electron chi connectivity index (χ1n) is 4.62. The molecule has 0 radical (unpaired) electrons. The van der Waals surface area contributed by atoms with E-state index < -0.39 is 0 Å². The minimum absolute atomic E-state index is 0.639. The van der Waals surface area contributed by atoms with E-state index in [1.807, 2.05) is 12.1 Å². The van der Waals surface area contributed by atoms with Crippen LogP contribution in [0, 0.1) is 5.41 Å². The Morgan fingerprint density at radius 1 is 1.23 bits per heavy atom. The molecule has 1 N–H and O–H groups in total. The molecule has 0 aromatic carbocycles. The lowest BCUT2D eigenvalue weighted by Gasteiger charge is -2.17. The second-order valence-electron chi connectivity index (χ2n) is 3.28. The minimum Gasteiger partial charge on any atom is -0.357 e. The van der Waals surface area contributed by atoms with Crippen LogP contribution < -0.4 is 0 Å². The van der Waals surface area contributed by atoms with Gasteiger partial charge in [0.25, 0.3) is 0 Å². The normalized spacial score (nSPS) is 16.2. The highest BCUT2D eigenvalue weighted by Gasteiger charge is 2.15. The van der Waals surface area contributed by atoms with Gasteiger partial charge in [-0.3, -0.25) is 10.4 Å². The predicted octanol–water partition coefficient (Wildman–Crippen LogP) is 1.50. The smallest absolute Gasteiger partial charge is 0.128 e. The average molecular weight is 175 g/mol. The summed E-state index contributed by atoms with van der Waals surface area (Å²) < 4.78 is 0. The van der Waals surface area contributed by atoms with Crippen LogP contribution in [0.15, 0.2) is 24.5 Å². The van der Waals surface area contributed by atoms with Crippen LogP contribution in [-0.4, -0.2) is 28.8 Å². The highest BCUT2D eigenvalue weighted by molar-refractivity contribution is 5.96. The summed E-state index contributed by atoms with van der Waals surface area (Å²) in [7, 11) is 0. The minimum atomic E-state index is 0.639. The van der Waals surface area contributed by atoms with Crippen molar-refractivity contribution < 1.29 is 0 Å². The van der Waals surface area contributed by atoms with E-state index >= 15 is 0 Å². The third-order valence-electron chi connectivity index (χ3n) is 2.38. The maximum absolute atomic E-state index is 7.93. The quantitative estimate of drug-likeness (QED) is 0.519. The summed E-state index contributed by atoms with van der Waals surface area (Å²) in [4.78, 5) is 6.06. The van der Waals surface area contributed by atoms with Crippen molar-refractivity contribution in [2.75, 3.05) is 13.1 Å². The Labute approximate surface area is 77.9 Å². The Balaban J connectivity index is 2.13.